The van der Waals surface area contributed by atoms with Gasteiger partial charge in [-0.3, -0.25) is 0 Å². The summed E-state index contributed by atoms with van der Waals surface area (Å²) in [5.41, 5.74) is 0.564. The van der Waals surface area contributed by atoms with Crippen LogP contribution in [-0.4, -0.2) is 18.4 Å². The summed E-state index contributed by atoms with van der Waals surface area (Å²) in [7, 11) is 0. The molecule has 0 aromatic heterocycles. The lowest BCUT2D eigenvalue weighted by Gasteiger charge is -2.27. The number of halogens is 3. The van der Waals surface area contributed by atoms with Gasteiger partial charge in [-0.05, 0) is 50.8 Å². The summed E-state index contributed by atoms with van der Waals surface area (Å²) in [5.74, 6) is 0.0284. The molecular formula is C16H24F3NO. The van der Waals surface area contributed by atoms with E-state index >= 15 is 0 Å². The fourth-order valence-electron chi connectivity index (χ4n) is 2.02. The summed E-state index contributed by atoms with van der Waals surface area (Å²) in [4.78, 5) is 0. The van der Waals surface area contributed by atoms with Gasteiger partial charge in [-0.25, -0.2) is 0 Å². The van der Waals surface area contributed by atoms with E-state index in [-0.39, 0.29) is 23.1 Å². The quantitative estimate of drug-likeness (QED) is 0.850. The van der Waals surface area contributed by atoms with Crippen LogP contribution in [0.15, 0.2) is 24.3 Å². The maximum atomic E-state index is 12.5. The zero-order valence-electron chi connectivity index (χ0n) is 13.2. The minimum absolute atomic E-state index is 0.0179. The van der Waals surface area contributed by atoms with Gasteiger partial charge < -0.3 is 10.1 Å². The molecule has 2 nitrogen and oxygen atoms in total. The molecule has 0 radical (unpaired) electrons. The van der Waals surface area contributed by atoms with Gasteiger partial charge in [-0.2, -0.15) is 0 Å². The molecule has 1 rings (SSSR count). The third-order valence-electron chi connectivity index (χ3n) is 3.44. The summed E-state index contributed by atoms with van der Waals surface area (Å²) >= 11 is 0. The molecule has 0 bridgehead atoms. The van der Waals surface area contributed by atoms with E-state index in [1.807, 2.05) is 13.8 Å². The first-order valence-electron chi connectivity index (χ1n) is 7.09. The fourth-order valence-corrected chi connectivity index (χ4v) is 2.02. The molecule has 0 heterocycles. The maximum absolute atomic E-state index is 12.5. The minimum atomic E-state index is -4.66. The van der Waals surface area contributed by atoms with Crippen LogP contribution in [0.1, 0.15) is 46.1 Å². The molecule has 1 aromatic rings. The number of hydrogen-bond donors (Lipinski definition) is 1. The second-order valence-electron chi connectivity index (χ2n) is 6.48. The van der Waals surface area contributed by atoms with E-state index in [1.54, 1.807) is 18.2 Å². The lowest BCUT2D eigenvalue weighted by molar-refractivity contribution is -0.275. The SMILES string of the molecule is CC(CNC(C)(C)C)C(C)c1ccccc1OC(F)(F)F. The number of rotatable bonds is 5. The summed E-state index contributed by atoms with van der Waals surface area (Å²) in [5, 5.41) is 3.38. The predicted molar refractivity (Wildman–Crippen MR) is 78.5 cm³/mol. The highest BCUT2D eigenvalue weighted by molar-refractivity contribution is 5.36. The van der Waals surface area contributed by atoms with Gasteiger partial charge in [-0.15, -0.1) is 13.2 Å². The van der Waals surface area contributed by atoms with Crippen LogP contribution in [0.4, 0.5) is 13.2 Å². The molecule has 0 fully saturated rings. The number of nitrogens with one attached hydrogen (secondary N) is 1. The zero-order valence-corrected chi connectivity index (χ0v) is 13.2. The van der Waals surface area contributed by atoms with E-state index in [2.05, 4.69) is 30.8 Å². The molecule has 2 unspecified atom stereocenters. The topological polar surface area (TPSA) is 21.3 Å². The van der Waals surface area contributed by atoms with Gasteiger partial charge in [-0.1, -0.05) is 32.0 Å². The third kappa shape index (κ3) is 6.38. The molecular weight excluding hydrogens is 279 g/mol. The third-order valence-corrected chi connectivity index (χ3v) is 3.44. The molecule has 0 aliphatic carbocycles. The molecule has 0 aliphatic heterocycles. The maximum Gasteiger partial charge on any atom is 0.573 e. The van der Waals surface area contributed by atoms with Crippen molar-refractivity contribution >= 4 is 0 Å². The van der Waals surface area contributed by atoms with E-state index in [9.17, 15) is 13.2 Å². The normalized spacial score (nSPS) is 15.6. The van der Waals surface area contributed by atoms with Crippen molar-refractivity contribution < 1.29 is 17.9 Å². The molecule has 0 saturated carbocycles. The highest BCUT2D eigenvalue weighted by atomic mass is 19.4. The largest absolute Gasteiger partial charge is 0.573 e. The Kier molecular flexibility index (Phi) is 5.68. The first-order valence-corrected chi connectivity index (χ1v) is 7.09. The average Bonchev–Trinajstić information content (AvgIpc) is 2.33. The number of para-hydroxylation sites is 1. The Morgan fingerprint density at radius 2 is 1.67 bits per heavy atom. The van der Waals surface area contributed by atoms with Gasteiger partial charge in [0, 0.05) is 5.54 Å². The van der Waals surface area contributed by atoms with Crippen LogP contribution >= 0.6 is 0 Å². The zero-order chi connectivity index (χ0) is 16.3. The van der Waals surface area contributed by atoms with Crippen molar-refractivity contribution in [3.63, 3.8) is 0 Å². The Bertz CT molecular complexity index is 452. The van der Waals surface area contributed by atoms with Gasteiger partial charge >= 0.3 is 6.36 Å². The van der Waals surface area contributed by atoms with Crippen LogP contribution in [0, 0.1) is 5.92 Å². The Morgan fingerprint density at radius 1 is 1.10 bits per heavy atom. The predicted octanol–water partition coefficient (Wildman–Crippen LogP) is 4.71. The number of alkyl halides is 3. The smallest absolute Gasteiger partial charge is 0.405 e. The molecule has 0 saturated heterocycles. The van der Waals surface area contributed by atoms with Gasteiger partial charge in [0.05, 0.1) is 0 Å². The Hall–Kier alpha value is -1.23. The second kappa shape index (κ2) is 6.69. The summed E-state index contributed by atoms with van der Waals surface area (Å²) in [6.45, 7) is 10.9. The summed E-state index contributed by atoms with van der Waals surface area (Å²) in [6.07, 6.45) is -4.66. The second-order valence-corrected chi connectivity index (χ2v) is 6.48. The van der Waals surface area contributed by atoms with E-state index in [4.69, 9.17) is 0 Å². The fraction of sp³-hybridized carbons (Fsp3) is 0.625. The van der Waals surface area contributed by atoms with Crippen LogP contribution in [0.2, 0.25) is 0 Å². The number of ether oxygens (including phenoxy) is 1. The first kappa shape index (κ1) is 17.8. The lowest BCUT2D eigenvalue weighted by atomic mass is 9.87. The highest BCUT2D eigenvalue weighted by Gasteiger charge is 2.33. The van der Waals surface area contributed by atoms with Crippen LogP contribution < -0.4 is 10.1 Å². The van der Waals surface area contributed by atoms with Gasteiger partial charge in [0.2, 0.25) is 0 Å². The van der Waals surface area contributed by atoms with E-state index < -0.39 is 6.36 Å². The Morgan fingerprint density at radius 3 is 2.19 bits per heavy atom. The van der Waals surface area contributed by atoms with Crippen molar-refractivity contribution in [2.75, 3.05) is 6.54 Å². The van der Waals surface area contributed by atoms with Crippen LogP contribution in [0.25, 0.3) is 0 Å². The van der Waals surface area contributed by atoms with Gasteiger partial charge in [0.1, 0.15) is 5.75 Å². The monoisotopic (exact) mass is 303 g/mol. The standard InChI is InChI=1S/C16H24F3NO/c1-11(10-20-15(3,4)5)12(2)13-8-6-7-9-14(13)21-16(17,18)19/h6-9,11-12,20H,10H2,1-5H3. The molecule has 5 heteroatoms. The number of hydrogen-bond acceptors (Lipinski definition) is 2. The summed E-state index contributed by atoms with van der Waals surface area (Å²) in [6, 6.07) is 6.34. The van der Waals surface area contributed by atoms with Crippen LogP contribution in [0.3, 0.4) is 0 Å². The van der Waals surface area contributed by atoms with E-state index in [0.717, 1.165) is 6.54 Å². The molecule has 2 atom stereocenters. The minimum Gasteiger partial charge on any atom is -0.405 e. The summed E-state index contributed by atoms with van der Waals surface area (Å²) < 4.78 is 41.5. The average molecular weight is 303 g/mol. The van der Waals surface area contributed by atoms with Crippen molar-refractivity contribution in [2.45, 2.75) is 52.4 Å². The highest BCUT2D eigenvalue weighted by Crippen LogP contribution is 2.34. The molecule has 21 heavy (non-hydrogen) atoms. The molecule has 0 amide bonds. The van der Waals surface area contributed by atoms with Gasteiger partial charge in [0.25, 0.3) is 0 Å². The van der Waals surface area contributed by atoms with Crippen molar-refractivity contribution in [1.29, 1.82) is 0 Å². The van der Waals surface area contributed by atoms with Crippen LogP contribution in [0.5, 0.6) is 5.75 Å². The molecule has 0 spiro atoms. The van der Waals surface area contributed by atoms with E-state index in [0.29, 0.717) is 5.56 Å². The van der Waals surface area contributed by atoms with Crippen molar-refractivity contribution in [1.82, 2.24) is 5.32 Å². The Labute approximate surface area is 124 Å². The number of benzene rings is 1. The molecule has 1 N–H and O–H groups in total. The Balaban J connectivity index is 2.84. The van der Waals surface area contributed by atoms with Crippen molar-refractivity contribution in [3.05, 3.63) is 29.8 Å². The molecule has 120 valence electrons. The lowest BCUT2D eigenvalue weighted by Crippen LogP contribution is -2.39. The first-order chi connectivity index (χ1) is 9.49. The molecule has 1 aromatic carbocycles. The molecule has 0 aliphatic rings. The van der Waals surface area contributed by atoms with Crippen LogP contribution in [-0.2, 0) is 0 Å². The van der Waals surface area contributed by atoms with Crippen molar-refractivity contribution in [2.24, 2.45) is 5.92 Å². The van der Waals surface area contributed by atoms with Gasteiger partial charge in [0.15, 0.2) is 0 Å². The van der Waals surface area contributed by atoms with Crippen molar-refractivity contribution in [3.8, 4) is 5.75 Å². The van der Waals surface area contributed by atoms with E-state index in [1.165, 1.54) is 6.07 Å².